The Bertz CT molecular complexity index is 2110. The number of rotatable bonds is 7. The Balaban J connectivity index is 1.57. The smallest absolute Gasteiger partial charge is 0.238 e. The van der Waals surface area contributed by atoms with Crippen LogP contribution in [0.3, 0.4) is 0 Å². The second kappa shape index (κ2) is 12.2. The van der Waals surface area contributed by atoms with Crippen molar-refractivity contribution in [2.24, 2.45) is 0 Å². The van der Waals surface area contributed by atoms with Gasteiger partial charge in [-0.15, -0.1) is 0 Å². The molecule has 244 valence electrons. The Hall–Kier alpha value is -5.27. The summed E-state index contributed by atoms with van der Waals surface area (Å²) >= 11 is 3.63. The van der Waals surface area contributed by atoms with Crippen LogP contribution in [0.15, 0.2) is 62.2 Å². The van der Waals surface area contributed by atoms with Gasteiger partial charge in [0.25, 0.3) is 0 Å². The fourth-order valence-electron chi connectivity index (χ4n) is 6.06. The molecule has 0 saturated carbocycles. The summed E-state index contributed by atoms with van der Waals surface area (Å²) in [5.74, 6) is -1.91. The number of aromatic hydroxyl groups is 6. The highest BCUT2D eigenvalue weighted by atomic mass is 79.9. The second-order valence-electron chi connectivity index (χ2n) is 11.0. The zero-order valence-corrected chi connectivity index (χ0v) is 27.0. The molecule has 6 N–H and O–H groups in total. The predicted molar refractivity (Wildman–Crippen MR) is 174 cm³/mol. The van der Waals surface area contributed by atoms with Gasteiger partial charge in [0.2, 0.25) is 11.2 Å². The molecule has 47 heavy (non-hydrogen) atoms. The predicted octanol–water partition coefficient (Wildman–Crippen LogP) is 5.63. The molecular formula is C34H30BrNO11. The number of hydrogen-bond donors (Lipinski definition) is 6. The van der Waals surface area contributed by atoms with Crippen LogP contribution in [0.5, 0.6) is 51.7 Å². The van der Waals surface area contributed by atoms with Gasteiger partial charge in [0.15, 0.2) is 45.8 Å². The number of hydrogen-bond acceptors (Lipinski definition) is 12. The summed E-state index contributed by atoms with van der Waals surface area (Å²) in [4.78, 5) is 15.4. The highest BCUT2D eigenvalue weighted by Gasteiger charge is 2.34. The third kappa shape index (κ3) is 5.36. The van der Waals surface area contributed by atoms with Crippen LogP contribution in [0, 0.1) is 0 Å². The van der Waals surface area contributed by atoms with Crippen molar-refractivity contribution in [3.63, 3.8) is 0 Å². The standard InChI is InChI=1S/C34H30BrNO11/c1-44-26-12-20(35)18(10-24(26)40)30-17-11-28(46-3)27(45-2)9-15(17)6-7-36(30)14-19-22(38)13-25(41)29-31(42)32(43)33(47-34(19)29)16-4-5-21(37)23(39)8-16/h4-5,8-13,30,37-41,43H,6-7,14H2,1-3H3. The largest absolute Gasteiger partial charge is 0.507 e. The Morgan fingerprint density at radius 2 is 1.49 bits per heavy atom. The molecule has 6 rings (SSSR count). The van der Waals surface area contributed by atoms with E-state index >= 15 is 0 Å². The summed E-state index contributed by atoms with van der Waals surface area (Å²) < 4.78 is 23.1. The monoisotopic (exact) mass is 707 g/mol. The highest BCUT2D eigenvalue weighted by molar-refractivity contribution is 9.10. The average Bonchev–Trinajstić information content (AvgIpc) is 3.05. The Kier molecular flexibility index (Phi) is 8.20. The zero-order valence-electron chi connectivity index (χ0n) is 25.4. The molecule has 4 aromatic carbocycles. The van der Waals surface area contributed by atoms with Gasteiger partial charge in [0.05, 0.1) is 32.9 Å². The molecule has 1 aromatic heterocycles. The van der Waals surface area contributed by atoms with Gasteiger partial charge >= 0.3 is 0 Å². The maximum atomic E-state index is 13.4. The quantitative estimate of drug-likeness (QED) is 0.115. The molecule has 0 fully saturated rings. The van der Waals surface area contributed by atoms with Crippen molar-refractivity contribution in [2.75, 3.05) is 27.9 Å². The molecule has 0 amide bonds. The molecule has 0 saturated heterocycles. The molecule has 12 nitrogen and oxygen atoms in total. The van der Waals surface area contributed by atoms with E-state index in [2.05, 4.69) is 15.9 Å². The van der Waals surface area contributed by atoms with E-state index in [0.29, 0.717) is 34.5 Å². The topological polar surface area (TPSA) is 183 Å². The molecule has 1 atom stereocenters. The van der Waals surface area contributed by atoms with Gasteiger partial charge in [-0.25, -0.2) is 0 Å². The van der Waals surface area contributed by atoms with Gasteiger partial charge in [0, 0.05) is 29.2 Å². The average molecular weight is 709 g/mol. The van der Waals surface area contributed by atoms with Crippen LogP contribution < -0.4 is 19.6 Å². The Morgan fingerprint density at radius 1 is 0.787 bits per heavy atom. The van der Waals surface area contributed by atoms with Crippen molar-refractivity contribution in [3.05, 3.63) is 85.5 Å². The van der Waals surface area contributed by atoms with Gasteiger partial charge in [-0.05, 0) is 65.6 Å². The van der Waals surface area contributed by atoms with Gasteiger partial charge in [-0.3, -0.25) is 9.69 Å². The molecular weight excluding hydrogens is 678 g/mol. The molecule has 2 heterocycles. The van der Waals surface area contributed by atoms with Crippen molar-refractivity contribution in [2.45, 2.75) is 19.0 Å². The summed E-state index contributed by atoms with van der Waals surface area (Å²) in [6.45, 7) is 0.392. The summed E-state index contributed by atoms with van der Waals surface area (Å²) in [6, 6.07) is 11.0. The molecule has 0 bridgehead atoms. The van der Waals surface area contributed by atoms with E-state index in [1.165, 1.54) is 20.3 Å². The Labute approximate surface area is 276 Å². The molecule has 0 spiro atoms. The third-order valence-electron chi connectivity index (χ3n) is 8.37. The fourth-order valence-corrected chi connectivity index (χ4v) is 6.60. The maximum Gasteiger partial charge on any atom is 0.238 e. The van der Waals surface area contributed by atoms with E-state index < -0.39 is 34.5 Å². The first-order valence-electron chi connectivity index (χ1n) is 14.3. The van der Waals surface area contributed by atoms with Crippen molar-refractivity contribution in [1.82, 2.24) is 4.90 Å². The van der Waals surface area contributed by atoms with E-state index in [9.17, 15) is 35.4 Å². The maximum absolute atomic E-state index is 13.4. The van der Waals surface area contributed by atoms with Crippen molar-refractivity contribution >= 4 is 26.9 Å². The van der Waals surface area contributed by atoms with Crippen LogP contribution >= 0.6 is 15.9 Å². The number of halogens is 1. The number of phenolic OH excluding ortho intramolecular Hbond substituents is 5. The van der Waals surface area contributed by atoms with Crippen molar-refractivity contribution < 1.29 is 49.3 Å². The molecule has 5 aromatic rings. The first-order chi connectivity index (χ1) is 22.5. The van der Waals surface area contributed by atoms with Gasteiger partial charge < -0.3 is 49.3 Å². The molecule has 13 heteroatoms. The van der Waals surface area contributed by atoms with Crippen LogP contribution in [0.1, 0.15) is 28.3 Å². The van der Waals surface area contributed by atoms with Crippen LogP contribution in [0.2, 0.25) is 0 Å². The van der Waals surface area contributed by atoms with E-state index in [1.807, 2.05) is 17.0 Å². The molecule has 0 radical (unpaired) electrons. The molecule has 1 aliphatic heterocycles. The number of fused-ring (bicyclic) bond motifs is 2. The number of phenols is 5. The minimum atomic E-state index is -0.965. The number of methoxy groups -OCH3 is 3. The SMILES string of the molecule is COc1cc(Br)c(C2c3cc(OC)c(OC)cc3CCN2Cc2c(O)cc(O)c3c(=O)c(O)c(-c4ccc(O)c(O)c4)oc23)cc1O. The summed E-state index contributed by atoms with van der Waals surface area (Å²) in [7, 11) is 4.52. The van der Waals surface area contributed by atoms with Gasteiger partial charge in [-0.2, -0.15) is 0 Å². The first kappa shape index (κ1) is 31.7. The lowest BCUT2D eigenvalue weighted by Gasteiger charge is -2.39. The first-order valence-corrected chi connectivity index (χ1v) is 15.1. The van der Waals surface area contributed by atoms with Gasteiger partial charge in [-0.1, -0.05) is 15.9 Å². The molecule has 1 aliphatic rings. The van der Waals surface area contributed by atoms with E-state index in [4.69, 9.17) is 18.6 Å². The normalized spacial score (nSPS) is 14.6. The van der Waals surface area contributed by atoms with Crippen LogP contribution in [-0.2, 0) is 13.0 Å². The van der Waals surface area contributed by atoms with E-state index in [0.717, 1.165) is 29.3 Å². The minimum absolute atomic E-state index is 0.0335. The van der Waals surface area contributed by atoms with E-state index in [-0.39, 0.29) is 51.6 Å². The zero-order chi connectivity index (χ0) is 33.7. The van der Waals surface area contributed by atoms with Crippen LogP contribution in [-0.4, -0.2) is 63.4 Å². The number of benzene rings is 4. The summed E-state index contributed by atoms with van der Waals surface area (Å²) in [6.07, 6.45) is 0.547. The summed E-state index contributed by atoms with van der Waals surface area (Å²) in [5, 5.41) is 63.1. The van der Waals surface area contributed by atoms with Crippen molar-refractivity contribution in [1.29, 1.82) is 0 Å². The Morgan fingerprint density at radius 3 is 2.17 bits per heavy atom. The minimum Gasteiger partial charge on any atom is -0.507 e. The second-order valence-corrected chi connectivity index (χ2v) is 11.8. The van der Waals surface area contributed by atoms with Gasteiger partial charge in [0.1, 0.15) is 16.9 Å². The third-order valence-corrected chi connectivity index (χ3v) is 9.05. The van der Waals surface area contributed by atoms with Crippen LogP contribution in [0.4, 0.5) is 0 Å². The number of ether oxygens (including phenoxy) is 3. The lowest BCUT2D eigenvalue weighted by atomic mass is 9.87. The fraction of sp³-hybridized carbons (Fsp3) is 0.206. The van der Waals surface area contributed by atoms with E-state index in [1.54, 1.807) is 19.2 Å². The molecule has 0 aliphatic carbocycles. The highest BCUT2D eigenvalue weighted by Crippen LogP contribution is 2.47. The summed E-state index contributed by atoms with van der Waals surface area (Å²) in [5.41, 5.74) is 1.46. The molecule has 1 unspecified atom stereocenters. The lowest BCUT2D eigenvalue weighted by molar-refractivity contribution is 0.200. The van der Waals surface area contributed by atoms with Crippen LogP contribution in [0.25, 0.3) is 22.3 Å². The van der Waals surface area contributed by atoms with Crippen molar-refractivity contribution in [3.8, 4) is 63.1 Å². The lowest BCUT2D eigenvalue weighted by Crippen LogP contribution is -2.36. The number of nitrogens with zero attached hydrogens (tertiary/aromatic N) is 1.